The quantitative estimate of drug-likeness (QED) is 0.908. The molecule has 2 heterocycles. The predicted molar refractivity (Wildman–Crippen MR) is 82.2 cm³/mol. The Morgan fingerprint density at radius 2 is 2.10 bits per heavy atom. The molecule has 2 atom stereocenters. The minimum absolute atomic E-state index is 0.0412. The van der Waals surface area contributed by atoms with Crippen molar-refractivity contribution in [3.8, 4) is 0 Å². The van der Waals surface area contributed by atoms with Crippen LogP contribution in [0.4, 0.5) is 0 Å². The Kier molecular flexibility index (Phi) is 4.13. The summed E-state index contributed by atoms with van der Waals surface area (Å²) in [6, 6.07) is 10.2. The Labute approximate surface area is 123 Å². The van der Waals surface area contributed by atoms with Crippen molar-refractivity contribution in [1.82, 2.24) is 4.90 Å². The van der Waals surface area contributed by atoms with Crippen LogP contribution in [0.15, 0.2) is 36.4 Å². The van der Waals surface area contributed by atoms with Gasteiger partial charge in [-0.3, -0.25) is 4.79 Å². The molecule has 4 heteroatoms. The number of likely N-dealkylation sites (tertiary alicyclic amines) is 1. The molecule has 1 saturated heterocycles. The van der Waals surface area contributed by atoms with Gasteiger partial charge in [-0.1, -0.05) is 36.4 Å². The van der Waals surface area contributed by atoms with Crippen molar-refractivity contribution in [3.05, 3.63) is 42.0 Å². The van der Waals surface area contributed by atoms with Gasteiger partial charge in [-0.25, -0.2) is 0 Å². The van der Waals surface area contributed by atoms with Crippen LogP contribution in [-0.4, -0.2) is 40.9 Å². The van der Waals surface area contributed by atoms with Crippen molar-refractivity contribution < 1.29 is 9.90 Å². The first kappa shape index (κ1) is 13.7. The van der Waals surface area contributed by atoms with E-state index in [4.69, 9.17) is 0 Å². The number of aliphatic hydroxyl groups is 1. The summed E-state index contributed by atoms with van der Waals surface area (Å²) in [7, 11) is 0. The fraction of sp³-hybridized carbons (Fsp3) is 0.438. The molecule has 20 heavy (non-hydrogen) atoms. The third-order valence-electron chi connectivity index (χ3n) is 3.85. The maximum absolute atomic E-state index is 12.5. The molecule has 3 rings (SSSR count). The molecule has 0 bridgehead atoms. The summed E-state index contributed by atoms with van der Waals surface area (Å²) >= 11 is 1.75. The summed E-state index contributed by atoms with van der Waals surface area (Å²) in [6.45, 7) is 1.28. The van der Waals surface area contributed by atoms with E-state index in [0.717, 1.165) is 25.1 Å². The number of amides is 1. The molecule has 0 saturated carbocycles. The van der Waals surface area contributed by atoms with Gasteiger partial charge in [0.2, 0.25) is 5.91 Å². The van der Waals surface area contributed by atoms with Gasteiger partial charge in [0, 0.05) is 23.7 Å². The molecule has 2 aliphatic heterocycles. The summed E-state index contributed by atoms with van der Waals surface area (Å²) in [5.41, 5.74) is 1.19. The SMILES string of the molecule is O=C(C1C=C(c2ccccc2)SC1)N1CCC[C@H](O)C1. The van der Waals surface area contributed by atoms with Crippen molar-refractivity contribution in [1.29, 1.82) is 0 Å². The van der Waals surface area contributed by atoms with Gasteiger partial charge in [-0.2, -0.15) is 0 Å². The number of aliphatic hydroxyl groups excluding tert-OH is 1. The van der Waals surface area contributed by atoms with E-state index in [0.29, 0.717) is 6.54 Å². The van der Waals surface area contributed by atoms with Gasteiger partial charge < -0.3 is 10.0 Å². The topological polar surface area (TPSA) is 40.5 Å². The van der Waals surface area contributed by atoms with E-state index in [9.17, 15) is 9.90 Å². The first-order chi connectivity index (χ1) is 9.74. The van der Waals surface area contributed by atoms with Crippen LogP contribution < -0.4 is 0 Å². The van der Waals surface area contributed by atoms with E-state index in [1.54, 1.807) is 11.8 Å². The minimum Gasteiger partial charge on any atom is -0.391 e. The molecule has 1 fully saturated rings. The molecule has 1 aromatic rings. The number of hydrogen-bond donors (Lipinski definition) is 1. The molecule has 0 aromatic heterocycles. The number of hydrogen-bond acceptors (Lipinski definition) is 3. The van der Waals surface area contributed by atoms with Gasteiger partial charge in [-0.15, -0.1) is 11.8 Å². The Bertz CT molecular complexity index is 514. The number of rotatable bonds is 2. The predicted octanol–water partition coefficient (Wildman–Crippen LogP) is 2.37. The number of thioether (sulfide) groups is 1. The second-order valence-corrected chi connectivity index (χ2v) is 6.46. The number of piperidine rings is 1. The monoisotopic (exact) mass is 289 g/mol. The Balaban J connectivity index is 1.69. The van der Waals surface area contributed by atoms with E-state index >= 15 is 0 Å². The van der Waals surface area contributed by atoms with Gasteiger partial charge in [0.15, 0.2) is 0 Å². The van der Waals surface area contributed by atoms with Crippen molar-refractivity contribution in [3.63, 3.8) is 0 Å². The maximum atomic E-state index is 12.5. The van der Waals surface area contributed by atoms with Crippen LogP contribution in [0.5, 0.6) is 0 Å². The maximum Gasteiger partial charge on any atom is 0.230 e. The molecular weight excluding hydrogens is 270 g/mol. The van der Waals surface area contributed by atoms with Crippen molar-refractivity contribution in [2.75, 3.05) is 18.8 Å². The molecule has 2 aliphatic rings. The third kappa shape index (κ3) is 2.91. The summed E-state index contributed by atoms with van der Waals surface area (Å²) in [5.74, 6) is 0.943. The van der Waals surface area contributed by atoms with Crippen molar-refractivity contribution in [2.45, 2.75) is 18.9 Å². The molecule has 0 radical (unpaired) electrons. The van der Waals surface area contributed by atoms with Crippen LogP contribution in [-0.2, 0) is 4.79 Å². The first-order valence-electron chi connectivity index (χ1n) is 7.11. The second kappa shape index (κ2) is 6.02. The molecule has 3 nitrogen and oxygen atoms in total. The summed E-state index contributed by atoms with van der Waals surface area (Å²) in [4.78, 5) is 15.5. The molecule has 106 valence electrons. The molecule has 0 aliphatic carbocycles. The van der Waals surface area contributed by atoms with Crippen molar-refractivity contribution in [2.24, 2.45) is 5.92 Å². The standard InChI is InChI=1S/C16H19NO2S/c18-14-7-4-8-17(10-14)16(19)13-9-15(20-11-13)12-5-2-1-3-6-12/h1-3,5-6,9,13-14,18H,4,7-8,10-11H2/t13?,14-/m0/s1. The fourth-order valence-corrected chi connectivity index (χ4v) is 3.93. The zero-order valence-corrected chi connectivity index (χ0v) is 12.2. The van der Waals surface area contributed by atoms with E-state index in [1.165, 1.54) is 10.5 Å². The molecule has 0 spiro atoms. The van der Waals surface area contributed by atoms with Crippen LogP contribution in [0, 0.1) is 5.92 Å². The average molecular weight is 289 g/mol. The highest BCUT2D eigenvalue weighted by molar-refractivity contribution is 8.08. The van der Waals surface area contributed by atoms with Gasteiger partial charge in [0.25, 0.3) is 0 Å². The molecular formula is C16H19NO2S. The van der Waals surface area contributed by atoms with Crippen LogP contribution in [0.1, 0.15) is 18.4 Å². The van der Waals surface area contributed by atoms with Crippen molar-refractivity contribution >= 4 is 22.6 Å². The van der Waals surface area contributed by atoms with E-state index in [-0.39, 0.29) is 17.9 Å². The number of carbonyl (C=O) groups is 1. The van der Waals surface area contributed by atoms with E-state index in [2.05, 4.69) is 18.2 Å². The summed E-state index contributed by atoms with van der Waals surface area (Å²) < 4.78 is 0. The fourth-order valence-electron chi connectivity index (χ4n) is 2.77. The van der Waals surface area contributed by atoms with Crippen LogP contribution >= 0.6 is 11.8 Å². The number of benzene rings is 1. The highest BCUT2D eigenvalue weighted by Gasteiger charge is 2.30. The Morgan fingerprint density at radius 1 is 1.30 bits per heavy atom. The first-order valence-corrected chi connectivity index (χ1v) is 8.09. The number of nitrogens with zero attached hydrogens (tertiary/aromatic N) is 1. The lowest BCUT2D eigenvalue weighted by atomic mass is 10.0. The lowest BCUT2D eigenvalue weighted by Crippen LogP contribution is -2.44. The van der Waals surface area contributed by atoms with Gasteiger partial charge >= 0.3 is 0 Å². The molecule has 1 unspecified atom stereocenters. The number of carbonyl (C=O) groups excluding carboxylic acids is 1. The normalized spacial score (nSPS) is 26.4. The van der Waals surface area contributed by atoms with Crippen LogP contribution in [0.2, 0.25) is 0 Å². The van der Waals surface area contributed by atoms with Gasteiger partial charge in [-0.05, 0) is 18.4 Å². The van der Waals surface area contributed by atoms with Crippen LogP contribution in [0.25, 0.3) is 4.91 Å². The lowest BCUT2D eigenvalue weighted by molar-refractivity contribution is -0.136. The summed E-state index contributed by atoms with van der Waals surface area (Å²) in [6.07, 6.45) is 3.46. The molecule has 1 aromatic carbocycles. The summed E-state index contributed by atoms with van der Waals surface area (Å²) in [5, 5.41) is 9.69. The second-order valence-electron chi connectivity index (χ2n) is 5.39. The average Bonchev–Trinajstić information content (AvgIpc) is 2.97. The Hall–Kier alpha value is -1.26. The molecule has 1 amide bonds. The smallest absolute Gasteiger partial charge is 0.230 e. The largest absolute Gasteiger partial charge is 0.391 e. The van der Waals surface area contributed by atoms with E-state index in [1.807, 2.05) is 23.1 Å². The van der Waals surface area contributed by atoms with Gasteiger partial charge in [0.05, 0.1) is 12.0 Å². The lowest BCUT2D eigenvalue weighted by Gasteiger charge is -2.31. The van der Waals surface area contributed by atoms with E-state index < -0.39 is 0 Å². The minimum atomic E-state index is -0.348. The van der Waals surface area contributed by atoms with Crippen LogP contribution in [0.3, 0.4) is 0 Å². The Morgan fingerprint density at radius 3 is 2.85 bits per heavy atom. The number of β-amino-alcohol motifs (C(OH)–C–C–N with tert-alkyl or cyclic N) is 1. The third-order valence-corrected chi connectivity index (χ3v) is 5.06. The highest BCUT2D eigenvalue weighted by Crippen LogP contribution is 2.37. The zero-order chi connectivity index (χ0) is 13.9. The van der Waals surface area contributed by atoms with Gasteiger partial charge in [0.1, 0.15) is 0 Å². The molecule has 1 N–H and O–H groups in total. The highest BCUT2D eigenvalue weighted by atomic mass is 32.2. The zero-order valence-electron chi connectivity index (χ0n) is 11.4.